The van der Waals surface area contributed by atoms with Crippen molar-refractivity contribution in [3.63, 3.8) is 0 Å². The molecule has 0 N–H and O–H groups in total. The Bertz CT molecular complexity index is 1530. The molecule has 1 aliphatic heterocycles. The first-order valence-electron chi connectivity index (χ1n) is 10.1. The van der Waals surface area contributed by atoms with E-state index < -0.39 is 41.6 Å². The molecule has 176 valence electrons. The van der Waals surface area contributed by atoms with Gasteiger partial charge in [-0.15, -0.1) is 0 Å². The first-order chi connectivity index (χ1) is 16.6. The van der Waals surface area contributed by atoms with Crippen LogP contribution in [-0.2, 0) is 12.7 Å². The van der Waals surface area contributed by atoms with E-state index in [4.69, 9.17) is 23.2 Å². The molecule has 11 heteroatoms. The zero-order valence-electron chi connectivity index (χ0n) is 17.4. The van der Waals surface area contributed by atoms with Gasteiger partial charge in [-0.05, 0) is 36.4 Å². The lowest BCUT2D eigenvalue weighted by molar-refractivity contribution is -0.137. The third-order valence-electron chi connectivity index (χ3n) is 5.61. The van der Waals surface area contributed by atoms with Crippen molar-refractivity contribution in [1.82, 2.24) is 14.5 Å². The second-order valence-corrected chi connectivity index (χ2v) is 8.52. The zero-order valence-corrected chi connectivity index (χ0v) is 18.9. The van der Waals surface area contributed by atoms with Crippen molar-refractivity contribution in [3.8, 4) is 0 Å². The van der Waals surface area contributed by atoms with Crippen LogP contribution in [0.15, 0.2) is 60.7 Å². The Labute approximate surface area is 205 Å². The molecule has 35 heavy (non-hydrogen) atoms. The molecule has 0 bridgehead atoms. The van der Waals surface area contributed by atoms with Crippen LogP contribution in [0.4, 0.5) is 13.2 Å². The minimum atomic E-state index is -4.80. The van der Waals surface area contributed by atoms with Crippen LogP contribution in [0.5, 0.6) is 0 Å². The minimum Gasteiger partial charge on any atom is -0.269 e. The summed E-state index contributed by atoms with van der Waals surface area (Å²) >= 11 is 12.2. The maximum atomic E-state index is 13.7. The number of amides is 2. The number of imide groups is 1. The van der Waals surface area contributed by atoms with Gasteiger partial charge in [0.2, 0.25) is 0 Å². The molecule has 1 aromatic heterocycles. The number of nitrogens with zero attached hydrogens (tertiary/aromatic N) is 3. The largest absolute Gasteiger partial charge is 0.417 e. The molecule has 0 saturated carbocycles. The molecule has 1 aliphatic rings. The third-order valence-corrected chi connectivity index (χ3v) is 6.33. The molecule has 0 spiro atoms. The summed E-state index contributed by atoms with van der Waals surface area (Å²) in [5.41, 5.74) is -1.18. The number of alkyl halides is 3. The summed E-state index contributed by atoms with van der Waals surface area (Å²) in [5.74, 6) is -2.40. The number of rotatable bonds is 3. The minimum absolute atomic E-state index is 0.0458. The number of benzene rings is 3. The molecule has 0 fully saturated rings. The van der Waals surface area contributed by atoms with Gasteiger partial charge < -0.3 is 0 Å². The van der Waals surface area contributed by atoms with Gasteiger partial charge in [-0.25, -0.2) is 4.98 Å². The van der Waals surface area contributed by atoms with Crippen LogP contribution in [-0.4, -0.2) is 32.2 Å². The topological polar surface area (TPSA) is 72.3 Å². The van der Waals surface area contributed by atoms with Crippen molar-refractivity contribution in [2.75, 3.05) is 0 Å². The van der Waals surface area contributed by atoms with Crippen molar-refractivity contribution < 1.29 is 27.6 Å². The number of carbonyl (C=O) groups excluding carboxylic acids is 3. The zero-order chi connectivity index (χ0) is 25.1. The van der Waals surface area contributed by atoms with E-state index in [1.54, 1.807) is 12.1 Å². The van der Waals surface area contributed by atoms with Gasteiger partial charge in [0.05, 0.1) is 49.9 Å². The van der Waals surface area contributed by atoms with E-state index in [1.165, 1.54) is 36.4 Å². The van der Waals surface area contributed by atoms with E-state index in [0.717, 1.165) is 21.6 Å². The van der Waals surface area contributed by atoms with Crippen molar-refractivity contribution in [2.45, 2.75) is 12.7 Å². The Morgan fingerprint density at radius 2 is 1.46 bits per heavy atom. The molecule has 5 rings (SSSR count). The summed E-state index contributed by atoms with van der Waals surface area (Å²) in [6, 6.07) is 13.1. The molecule has 0 aliphatic carbocycles. The Balaban J connectivity index is 1.68. The highest BCUT2D eigenvalue weighted by Gasteiger charge is 2.38. The maximum absolute atomic E-state index is 13.7. The SMILES string of the molecule is O=C1c2ccccc2C(=O)N1Cc1nc2cc(Cl)c(Cl)cc2n1C(=O)c1ccccc1C(F)(F)F. The average Bonchev–Trinajstić information content (AvgIpc) is 3.28. The Hall–Kier alpha value is -3.69. The van der Waals surface area contributed by atoms with Gasteiger partial charge in [0.15, 0.2) is 0 Å². The standard InChI is InChI=1S/C24H12Cl2F3N3O3/c25-16-9-18-19(10-17(16)26)32(23(35)14-7-3-4-8-15(14)24(27,28)29)20(30-18)11-31-21(33)12-5-1-2-6-13(12)22(31)34/h1-10H,11H2. The van der Waals surface area contributed by atoms with Crippen LogP contribution < -0.4 is 0 Å². The maximum Gasteiger partial charge on any atom is 0.417 e. The highest BCUT2D eigenvalue weighted by atomic mass is 35.5. The molecule has 4 aromatic rings. The van der Waals surface area contributed by atoms with Gasteiger partial charge in [-0.1, -0.05) is 47.5 Å². The molecular formula is C24H12Cl2F3N3O3. The molecule has 2 heterocycles. The number of halogens is 5. The lowest BCUT2D eigenvalue weighted by atomic mass is 10.1. The molecule has 3 aromatic carbocycles. The summed E-state index contributed by atoms with van der Waals surface area (Å²) in [5, 5.41) is 0.156. The number of aromatic nitrogens is 2. The van der Waals surface area contributed by atoms with E-state index in [9.17, 15) is 27.6 Å². The molecule has 0 atom stereocenters. The number of carbonyl (C=O) groups is 3. The second kappa shape index (κ2) is 8.21. The van der Waals surface area contributed by atoms with Gasteiger partial charge in [0, 0.05) is 0 Å². The molecule has 0 saturated heterocycles. The fourth-order valence-electron chi connectivity index (χ4n) is 4.02. The van der Waals surface area contributed by atoms with Gasteiger partial charge in [0.1, 0.15) is 5.82 Å². The summed E-state index contributed by atoms with van der Waals surface area (Å²) in [6.07, 6.45) is -4.80. The molecule has 2 amide bonds. The van der Waals surface area contributed by atoms with E-state index in [-0.39, 0.29) is 38.0 Å². The molecule has 0 radical (unpaired) electrons. The van der Waals surface area contributed by atoms with E-state index in [0.29, 0.717) is 0 Å². The monoisotopic (exact) mass is 517 g/mol. The van der Waals surface area contributed by atoms with Gasteiger partial charge in [-0.2, -0.15) is 13.2 Å². The van der Waals surface area contributed by atoms with Crippen molar-refractivity contribution in [3.05, 3.63) is 98.8 Å². The average molecular weight is 518 g/mol. The number of hydrogen-bond acceptors (Lipinski definition) is 4. The molecular weight excluding hydrogens is 506 g/mol. The summed E-state index contributed by atoms with van der Waals surface area (Å²) in [7, 11) is 0. The smallest absolute Gasteiger partial charge is 0.269 e. The lowest BCUT2D eigenvalue weighted by Crippen LogP contribution is -2.31. The number of imidazole rings is 1. The van der Waals surface area contributed by atoms with Crippen LogP contribution in [0.3, 0.4) is 0 Å². The highest BCUT2D eigenvalue weighted by molar-refractivity contribution is 6.42. The highest BCUT2D eigenvalue weighted by Crippen LogP contribution is 2.34. The van der Waals surface area contributed by atoms with Crippen LogP contribution in [0.2, 0.25) is 10.0 Å². The van der Waals surface area contributed by atoms with Crippen molar-refractivity contribution in [1.29, 1.82) is 0 Å². The molecule has 6 nitrogen and oxygen atoms in total. The fourth-order valence-corrected chi connectivity index (χ4v) is 4.33. The normalized spacial score (nSPS) is 13.6. The lowest BCUT2D eigenvalue weighted by Gasteiger charge is -2.16. The summed E-state index contributed by atoms with van der Waals surface area (Å²) in [4.78, 5) is 44.5. The number of fused-ring (bicyclic) bond motifs is 2. The predicted octanol–water partition coefficient (Wildman–Crippen LogP) is 5.85. The van der Waals surface area contributed by atoms with Crippen LogP contribution >= 0.6 is 23.2 Å². The first kappa shape index (κ1) is 23.1. The third kappa shape index (κ3) is 3.77. The predicted molar refractivity (Wildman–Crippen MR) is 122 cm³/mol. The van der Waals surface area contributed by atoms with E-state index >= 15 is 0 Å². The summed E-state index contributed by atoms with van der Waals surface area (Å²) < 4.78 is 41.9. The Kier molecular flexibility index (Phi) is 5.41. The fraction of sp³-hybridized carbons (Fsp3) is 0.0833. The van der Waals surface area contributed by atoms with Crippen molar-refractivity contribution >= 4 is 52.0 Å². The van der Waals surface area contributed by atoms with E-state index in [2.05, 4.69) is 4.98 Å². The van der Waals surface area contributed by atoms with Crippen molar-refractivity contribution in [2.24, 2.45) is 0 Å². The van der Waals surface area contributed by atoms with Gasteiger partial charge >= 0.3 is 6.18 Å². The Morgan fingerprint density at radius 1 is 0.886 bits per heavy atom. The molecule has 0 unspecified atom stereocenters. The van der Waals surface area contributed by atoms with Gasteiger partial charge in [0.25, 0.3) is 17.7 Å². The quantitative estimate of drug-likeness (QED) is 0.319. The summed E-state index contributed by atoms with van der Waals surface area (Å²) in [6.45, 7) is -0.462. The Morgan fingerprint density at radius 3 is 2.09 bits per heavy atom. The van der Waals surface area contributed by atoms with Crippen LogP contribution in [0.25, 0.3) is 11.0 Å². The number of hydrogen-bond donors (Lipinski definition) is 0. The first-order valence-corrected chi connectivity index (χ1v) is 10.9. The second-order valence-electron chi connectivity index (χ2n) is 7.71. The van der Waals surface area contributed by atoms with Gasteiger partial charge in [-0.3, -0.25) is 23.9 Å². The van der Waals surface area contributed by atoms with Crippen LogP contribution in [0, 0.1) is 0 Å². The van der Waals surface area contributed by atoms with E-state index in [1.807, 2.05) is 0 Å². The van der Waals surface area contributed by atoms with Crippen LogP contribution in [0.1, 0.15) is 42.5 Å².